The van der Waals surface area contributed by atoms with Crippen molar-refractivity contribution in [2.24, 2.45) is 0 Å². The number of nitrogens with zero attached hydrogens (tertiary/aromatic N) is 5. The van der Waals surface area contributed by atoms with Gasteiger partial charge in [0.15, 0.2) is 0 Å². The highest BCUT2D eigenvalue weighted by Crippen LogP contribution is 2.42. The second kappa shape index (κ2) is 7.40. The molecule has 1 atom stereocenters. The smallest absolute Gasteiger partial charge is 0.230 e. The molecular weight excluding hydrogens is 378 g/mol. The van der Waals surface area contributed by atoms with Crippen LogP contribution in [0.1, 0.15) is 29.2 Å². The fourth-order valence-corrected chi connectivity index (χ4v) is 4.87. The number of aromatic hydroxyl groups is 1. The van der Waals surface area contributed by atoms with Gasteiger partial charge in [-0.3, -0.25) is 9.69 Å². The molecule has 1 N–H and O–H groups in total. The Labute approximate surface area is 167 Å². The molecule has 3 heterocycles. The van der Waals surface area contributed by atoms with Gasteiger partial charge in [0.2, 0.25) is 16.7 Å². The standard InChI is InChI=1S/C19H23N5O3S/c1-12-20-19-24(21-12)18(26)17(28-19)16(14-6-4-5-7-15(14)27-3)23-10-8-22(9-11-23)13(2)25/h4-7,16,26H,8-11H2,1-3H3/t16-/m1/s1. The molecule has 0 unspecified atom stereocenters. The number of thiazole rings is 1. The first-order valence-corrected chi connectivity index (χ1v) is 9.98. The van der Waals surface area contributed by atoms with Crippen molar-refractivity contribution in [3.8, 4) is 11.6 Å². The van der Waals surface area contributed by atoms with Crippen LogP contribution in [0.2, 0.25) is 0 Å². The van der Waals surface area contributed by atoms with Gasteiger partial charge in [0.1, 0.15) is 11.6 Å². The molecule has 9 heteroatoms. The molecule has 148 valence electrons. The van der Waals surface area contributed by atoms with E-state index in [4.69, 9.17) is 4.74 Å². The molecule has 1 saturated heterocycles. The molecule has 0 spiro atoms. The number of piperazine rings is 1. The van der Waals surface area contributed by atoms with Gasteiger partial charge in [-0.2, -0.15) is 4.52 Å². The van der Waals surface area contributed by atoms with Gasteiger partial charge in [-0.05, 0) is 13.0 Å². The van der Waals surface area contributed by atoms with E-state index < -0.39 is 0 Å². The minimum absolute atomic E-state index is 0.0885. The Morgan fingerprint density at radius 2 is 1.96 bits per heavy atom. The summed E-state index contributed by atoms with van der Waals surface area (Å²) in [6, 6.07) is 7.63. The minimum Gasteiger partial charge on any atom is -0.496 e. The van der Waals surface area contributed by atoms with Gasteiger partial charge in [0.25, 0.3) is 0 Å². The van der Waals surface area contributed by atoms with Gasteiger partial charge in [-0.1, -0.05) is 29.5 Å². The fraction of sp³-hybridized carbons (Fsp3) is 0.421. The van der Waals surface area contributed by atoms with Crippen LogP contribution in [0.4, 0.5) is 0 Å². The number of ether oxygens (including phenoxy) is 1. The molecular formula is C19H23N5O3S. The van der Waals surface area contributed by atoms with E-state index in [0.717, 1.165) is 16.2 Å². The summed E-state index contributed by atoms with van der Waals surface area (Å²) in [4.78, 5) is 21.7. The SMILES string of the molecule is COc1ccccc1[C@H](c1sc2nc(C)nn2c1O)N1CCN(C(C)=O)CC1. The van der Waals surface area contributed by atoms with Gasteiger partial charge < -0.3 is 14.7 Å². The molecule has 0 bridgehead atoms. The van der Waals surface area contributed by atoms with Crippen LogP contribution in [-0.2, 0) is 4.79 Å². The molecule has 1 aromatic carbocycles. The van der Waals surface area contributed by atoms with Crippen LogP contribution in [0, 0.1) is 6.92 Å². The zero-order valence-corrected chi connectivity index (χ0v) is 16.9. The van der Waals surface area contributed by atoms with E-state index in [1.54, 1.807) is 21.0 Å². The third-order valence-electron chi connectivity index (χ3n) is 5.11. The Morgan fingerprint density at radius 3 is 2.61 bits per heavy atom. The molecule has 8 nitrogen and oxygen atoms in total. The molecule has 28 heavy (non-hydrogen) atoms. The maximum Gasteiger partial charge on any atom is 0.230 e. The lowest BCUT2D eigenvalue weighted by atomic mass is 10.0. The monoisotopic (exact) mass is 401 g/mol. The number of hydrogen-bond donors (Lipinski definition) is 1. The van der Waals surface area contributed by atoms with Gasteiger partial charge in [0, 0.05) is 38.7 Å². The summed E-state index contributed by atoms with van der Waals surface area (Å²) in [6.07, 6.45) is 0. The first-order valence-electron chi connectivity index (χ1n) is 9.17. The van der Waals surface area contributed by atoms with Crippen LogP contribution in [-0.4, -0.2) is 68.7 Å². The van der Waals surface area contributed by atoms with Crippen molar-refractivity contribution in [3.05, 3.63) is 40.5 Å². The Hall–Kier alpha value is -2.65. The first kappa shape index (κ1) is 18.7. The van der Waals surface area contributed by atoms with Gasteiger partial charge in [-0.25, -0.2) is 4.98 Å². The third-order valence-corrected chi connectivity index (χ3v) is 6.18. The van der Waals surface area contributed by atoms with Crippen LogP contribution in [0.5, 0.6) is 11.6 Å². The maximum atomic E-state index is 11.7. The average molecular weight is 401 g/mol. The van der Waals surface area contributed by atoms with E-state index in [1.807, 2.05) is 29.2 Å². The number of aryl methyl sites for hydroxylation is 1. The maximum absolute atomic E-state index is 11.7. The second-order valence-electron chi connectivity index (χ2n) is 6.83. The molecule has 1 amide bonds. The van der Waals surface area contributed by atoms with Crippen molar-refractivity contribution in [3.63, 3.8) is 0 Å². The molecule has 2 aromatic heterocycles. The second-order valence-corrected chi connectivity index (χ2v) is 7.84. The normalized spacial score (nSPS) is 16.5. The Morgan fingerprint density at radius 1 is 1.25 bits per heavy atom. The van der Waals surface area contributed by atoms with E-state index in [1.165, 1.54) is 15.9 Å². The summed E-state index contributed by atoms with van der Waals surface area (Å²) in [5.41, 5.74) is 0.970. The van der Waals surface area contributed by atoms with Crippen molar-refractivity contribution in [1.82, 2.24) is 24.4 Å². The molecule has 1 aliphatic rings. The molecule has 1 aliphatic heterocycles. The van der Waals surface area contributed by atoms with E-state index in [2.05, 4.69) is 15.0 Å². The van der Waals surface area contributed by atoms with Crippen LogP contribution in [0.25, 0.3) is 4.96 Å². The summed E-state index contributed by atoms with van der Waals surface area (Å²) in [6.45, 7) is 6.12. The number of para-hydroxylation sites is 1. The summed E-state index contributed by atoms with van der Waals surface area (Å²) in [5.74, 6) is 1.57. The lowest BCUT2D eigenvalue weighted by Gasteiger charge is -2.39. The van der Waals surface area contributed by atoms with Crippen LogP contribution >= 0.6 is 11.3 Å². The van der Waals surface area contributed by atoms with Gasteiger partial charge >= 0.3 is 0 Å². The minimum atomic E-state index is -0.209. The lowest BCUT2D eigenvalue weighted by molar-refractivity contribution is -0.130. The molecule has 0 saturated carbocycles. The topological polar surface area (TPSA) is 83.2 Å². The third kappa shape index (κ3) is 3.20. The lowest BCUT2D eigenvalue weighted by Crippen LogP contribution is -2.49. The predicted octanol–water partition coefficient (Wildman–Crippen LogP) is 2.07. The highest BCUT2D eigenvalue weighted by molar-refractivity contribution is 7.17. The Balaban J connectivity index is 1.78. The van der Waals surface area contributed by atoms with Gasteiger partial charge in [-0.15, -0.1) is 5.10 Å². The van der Waals surface area contributed by atoms with Crippen molar-refractivity contribution >= 4 is 22.2 Å². The largest absolute Gasteiger partial charge is 0.496 e. The molecule has 3 aromatic rings. The number of benzene rings is 1. The van der Waals surface area contributed by atoms with E-state index >= 15 is 0 Å². The molecule has 0 radical (unpaired) electrons. The molecule has 4 rings (SSSR count). The zero-order valence-electron chi connectivity index (χ0n) is 16.1. The molecule has 0 aliphatic carbocycles. The van der Waals surface area contributed by atoms with Gasteiger partial charge in [0.05, 0.1) is 18.0 Å². The Kier molecular flexibility index (Phi) is 4.94. The highest BCUT2D eigenvalue weighted by atomic mass is 32.1. The average Bonchev–Trinajstić information content (AvgIpc) is 3.20. The summed E-state index contributed by atoms with van der Waals surface area (Å²) in [7, 11) is 1.65. The molecule has 1 fully saturated rings. The number of amides is 1. The number of methoxy groups -OCH3 is 1. The quantitative estimate of drug-likeness (QED) is 0.721. The van der Waals surface area contributed by atoms with Crippen molar-refractivity contribution in [2.45, 2.75) is 19.9 Å². The van der Waals surface area contributed by atoms with Crippen molar-refractivity contribution in [1.29, 1.82) is 0 Å². The summed E-state index contributed by atoms with van der Waals surface area (Å²) < 4.78 is 7.10. The zero-order chi connectivity index (χ0) is 19.8. The number of carbonyl (C=O) groups is 1. The number of fused-ring (bicyclic) bond motifs is 1. The summed E-state index contributed by atoms with van der Waals surface area (Å²) >= 11 is 1.43. The summed E-state index contributed by atoms with van der Waals surface area (Å²) in [5, 5.41) is 15.2. The number of rotatable bonds is 4. The van der Waals surface area contributed by atoms with Crippen molar-refractivity contribution < 1.29 is 14.6 Å². The fourth-order valence-electron chi connectivity index (χ4n) is 3.72. The van der Waals surface area contributed by atoms with E-state index in [0.29, 0.717) is 37.0 Å². The first-order chi connectivity index (χ1) is 13.5. The number of aromatic nitrogens is 3. The predicted molar refractivity (Wildman–Crippen MR) is 106 cm³/mol. The number of hydrogen-bond acceptors (Lipinski definition) is 7. The van der Waals surface area contributed by atoms with Crippen LogP contribution < -0.4 is 4.74 Å². The van der Waals surface area contributed by atoms with Crippen molar-refractivity contribution in [2.75, 3.05) is 33.3 Å². The number of carbonyl (C=O) groups excluding carboxylic acids is 1. The van der Waals surface area contributed by atoms with E-state index in [-0.39, 0.29) is 17.8 Å². The van der Waals surface area contributed by atoms with Crippen LogP contribution in [0.15, 0.2) is 24.3 Å². The Bertz CT molecular complexity index is 1010. The highest BCUT2D eigenvalue weighted by Gasteiger charge is 2.33. The van der Waals surface area contributed by atoms with Crippen LogP contribution in [0.3, 0.4) is 0 Å². The van der Waals surface area contributed by atoms with E-state index in [9.17, 15) is 9.90 Å².